The van der Waals surface area contributed by atoms with E-state index in [1.807, 2.05) is 31.2 Å². The molecule has 0 fully saturated rings. The Morgan fingerprint density at radius 1 is 1.15 bits per heavy atom. The van der Waals surface area contributed by atoms with Gasteiger partial charge in [0.05, 0.1) is 24.1 Å². The standard InChI is InChI=1S/C20H24N2O4S/c1-5-26-20(25)19-13(3)10-18(27-19)22-17(24)11-16(21-14(4)23)15-8-6-12(2)7-9-15/h6-10,16H,5,11H2,1-4H3,(H,21,23)(H,22,24). The van der Waals surface area contributed by atoms with Crippen molar-refractivity contribution in [2.45, 2.75) is 40.2 Å². The van der Waals surface area contributed by atoms with Gasteiger partial charge in [0, 0.05) is 6.92 Å². The van der Waals surface area contributed by atoms with Crippen molar-refractivity contribution in [1.29, 1.82) is 0 Å². The molecule has 1 aromatic carbocycles. The molecule has 2 N–H and O–H groups in total. The SMILES string of the molecule is CCOC(=O)c1sc(NC(=O)CC(NC(C)=O)c2ccc(C)cc2)cc1C. The van der Waals surface area contributed by atoms with Crippen LogP contribution in [0.5, 0.6) is 0 Å². The first kappa shape index (κ1) is 20.6. The number of ether oxygens (including phenoxy) is 1. The zero-order chi connectivity index (χ0) is 20.0. The van der Waals surface area contributed by atoms with Gasteiger partial charge in [0.15, 0.2) is 0 Å². The van der Waals surface area contributed by atoms with Crippen molar-refractivity contribution in [3.8, 4) is 0 Å². The van der Waals surface area contributed by atoms with Gasteiger partial charge in [-0.05, 0) is 38.0 Å². The smallest absolute Gasteiger partial charge is 0.348 e. The van der Waals surface area contributed by atoms with Crippen molar-refractivity contribution in [2.75, 3.05) is 11.9 Å². The number of aryl methyl sites for hydroxylation is 2. The van der Waals surface area contributed by atoms with E-state index in [9.17, 15) is 14.4 Å². The van der Waals surface area contributed by atoms with Crippen molar-refractivity contribution in [3.63, 3.8) is 0 Å². The summed E-state index contributed by atoms with van der Waals surface area (Å²) in [5.74, 6) is -0.841. The van der Waals surface area contributed by atoms with Crippen molar-refractivity contribution in [3.05, 3.63) is 51.9 Å². The Labute approximate surface area is 162 Å². The molecule has 1 atom stereocenters. The molecule has 0 radical (unpaired) electrons. The van der Waals surface area contributed by atoms with Crippen LogP contribution in [0.3, 0.4) is 0 Å². The maximum absolute atomic E-state index is 12.5. The highest BCUT2D eigenvalue weighted by Crippen LogP contribution is 2.28. The minimum absolute atomic E-state index is 0.0916. The van der Waals surface area contributed by atoms with Gasteiger partial charge in [-0.1, -0.05) is 29.8 Å². The fourth-order valence-electron chi connectivity index (χ4n) is 2.61. The predicted octanol–water partition coefficient (Wildman–Crippen LogP) is 3.75. The average molecular weight is 388 g/mol. The fourth-order valence-corrected chi connectivity index (χ4v) is 3.60. The van der Waals surface area contributed by atoms with E-state index >= 15 is 0 Å². The van der Waals surface area contributed by atoms with Crippen LogP contribution in [-0.2, 0) is 14.3 Å². The first-order valence-electron chi connectivity index (χ1n) is 8.71. The molecule has 1 unspecified atom stereocenters. The molecule has 0 saturated carbocycles. The van der Waals surface area contributed by atoms with Crippen LogP contribution in [0.15, 0.2) is 30.3 Å². The zero-order valence-corrected chi connectivity index (χ0v) is 16.7. The Morgan fingerprint density at radius 2 is 1.81 bits per heavy atom. The quantitative estimate of drug-likeness (QED) is 0.708. The molecule has 0 aliphatic carbocycles. The van der Waals surface area contributed by atoms with E-state index in [-0.39, 0.29) is 18.2 Å². The predicted molar refractivity (Wildman–Crippen MR) is 106 cm³/mol. The molecule has 0 saturated heterocycles. The molecule has 2 rings (SSSR count). The number of hydrogen-bond donors (Lipinski definition) is 2. The van der Waals surface area contributed by atoms with Crippen molar-refractivity contribution >= 4 is 34.1 Å². The number of benzene rings is 1. The third-order valence-corrected chi connectivity index (χ3v) is 5.02. The number of nitrogens with one attached hydrogen (secondary N) is 2. The lowest BCUT2D eigenvalue weighted by Gasteiger charge is -2.18. The molecule has 2 aromatic rings. The van der Waals surface area contributed by atoms with Crippen LogP contribution in [0.1, 0.15) is 52.7 Å². The van der Waals surface area contributed by atoms with Crippen molar-refractivity contribution < 1.29 is 19.1 Å². The maximum Gasteiger partial charge on any atom is 0.348 e. The lowest BCUT2D eigenvalue weighted by Crippen LogP contribution is -2.29. The monoisotopic (exact) mass is 388 g/mol. The Kier molecular flexibility index (Phi) is 7.12. The molecule has 1 heterocycles. The van der Waals surface area contributed by atoms with Gasteiger partial charge < -0.3 is 15.4 Å². The minimum atomic E-state index is -0.423. The number of thiophene rings is 1. The Bertz CT molecular complexity index is 827. The summed E-state index contributed by atoms with van der Waals surface area (Å²) in [4.78, 5) is 36.4. The van der Waals surface area contributed by atoms with Gasteiger partial charge in [-0.25, -0.2) is 4.79 Å². The molecule has 2 amide bonds. The van der Waals surface area contributed by atoms with Crippen molar-refractivity contribution in [1.82, 2.24) is 5.32 Å². The molecule has 0 aliphatic rings. The summed E-state index contributed by atoms with van der Waals surface area (Å²) in [7, 11) is 0. The van der Waals surface area contributed by atoms with E-state index in [0.717, 1.165) is 16.7 Å². The largest absolute Gasteiger partial charge is 0.462 e. The van der Waals surface area contributed by atoms with E-state index in [0.29, 0.717) is 16.5 Å². The lowest BCUT2D eigenvalue weighted by molar-refractivity contribution is -0.120. The summed E-state index contributed by atoms with van der Waals surface area (Å²) < 4.78 is 5.01. The number of amides is 2. The summed E-state index contributed by atoms with van der Waals surface area (Å²) in [6.07, 6.45) is 0.0916. The Balaban J connectivity index is 2.09. The van der Waals surface area contributed by atoms with E-state index in [1.54, 1.807) is 19.9 Å². The lowest BCUT2D eigenvalue weighted by atomic mass is 10.0. The Morgan fingerprint density at radius 3 is 2.41 bits per heavy atom. The highest BCUT2D eigenvalue weighted by Gasteiger charge is 2.19. The van der Waals surface area contributed by atoms with Gasteiger partial charge in [0.2, 0.25) is 11.8 Å². The highest BCUT2D eigenvalue weighted by atomic mass is 32.1. The number of carbonyl (C=O) groups excluding carboxylic acids is 3. The molecular weight excluding hydrogens is 364 g/mol. The normalized spacial score (nSPS) is 11.6. The second kappa shape index (κ2) is 9.32. The van der Waals surface area contributed by atoms with Crippen LogP contribution in [0.4, 0.5) is 5.00 Å². The van der Waals surface area contributed by atoms with Crippen LogP contribution in [0, 0.1) is 13.8 Å². The highest BCUT2D eigenvalue weighted by molar-refractivity contribution is 7.18. The van der Waals surface area contributed by atoms with E-state index < -0.39 is 12.0 Å². The molecular formula is C20H24N2O4S. The summed E-state index contributed by atoms with van der Waals surface area (Å²) >= 11 is 1.18. The third kappa shape index (κ3) is 5.92. The van der Waals surface area contributed by atoms with Gasteiger partial charge in [0.1, 0.15) is 4.88 Å². The second-order valence-corrected chi connectivity index (χ2v) is 7.31. The van der Waals surface area contributed by atoms with Gasteiger partial charge in [-0.15, -0.1) is 11.3 Å². The number of rotatable bonds is 7. The fraction of sp³-hybridized carbons (Fsp3) is 0.350. The molecule has 1 aromatic heterocycles. The van der Waals surface area contributed by atoms with Crippen molar-refractivity contribution in [2.24, 2.45) is 0 Å². The number of carbonyl (C=O) groups is 3. The zero-order valence-electron chi connectivity index (χ0n) is 15.9. The molecule has 0 spiro atoms. The van der Waals surface area contributed by atoms with Crippen LogP contribution in [0.25, 0.3) is 0 Å². The third-order valence-electron chi connectivity index (χ3n) is 3.89. The topological polar surface area (TPSA) is 84.5 Å². The van der Waals surface area contributed by atoms with Gasteiger partial charge in [0.25, 0.3) is 0 Å². The molecule has 0 bridgehead atoms. The molecule has 0 aliphatic heterocycles. The summed E-state index contributed by atoms with van der Waals surface area (Å²) in [6.45, 7) is 7.24. The number of hydrogen-bond acceptors (Lipinski definition) is 5. The van der Waals surface area contributed by atoms with Crippen LogP contribution < -0.4 is 10.6 Å². The van der Waals surface area contributed by atoms with Crippen LogP contribution in [0.2, 0.25) is 0 Å². The van der Waals surface area contributed by atoms with E-state index in [2.05, 4.69) is 10.6 Å². The van der Waals surface area contributed by atoms with E-state index in [1.165, 1.54) is 18.3 Å². The molecule has 6 nitrogen and oxygen atoms in total. The maximum atomic E-state index is 12.5. The number of anilines is 1. The summed E-state index contributed by atoms with van der Waals surface area (Å²) in [6, 6.07) is 9.00. The molecule has 144 valence electrons. The second-order valence-electron chi connectivity index (χ2n) is 6.26. The minimum Gasteiger partial charge on any atom is -0.462 e. The molecule has 7 heteroatoms. The summed E-state index contributed by atoms with van der Waals surface area (Å²) in [5, 5.41) is 6.19. The first-order chi connectivity index (χ1) is 12.8. The first-order valence-corrected chi connectivity index (χ1v) is 9.52. The van der Waals surface area contributed by atoms with E-state index in [4.69, 9.17) is 4.74 Å². The summed E-state index contributed by atoms with van der Waals surface area (Å²) in [5.41, 5.74) is 2.72. The number of esters is 1. The van der Waals surface area contributed by atoms with Gasteiger partial charge >= 0.3 is 5.97 Å². The molecule has 27 heavy (non-hydrogen) atoms. The average Bonchev–Trinajstić information content (AvgIpc) is 2.95. The van der Waals surface area contributed by atoms with Crippen LogP contribution in [-0.4, -0.2) is 24.4 Å². The van der Waals surface area contributed by atoms with Gasteiger partial charge in [-0.3, -0.25) is 9.59 Å². The van der Waals surface area contributed by atoms with Gasteiger partial charge in [-0.2, -0.15) is 0 Å². The Hall–Kier alpha value is -2.67. The van der Waals surface area contributed by atoms with Crippen LogP contribution >= 0.6 is 11.3 Å².